The molecule has 0 bridgehead atoms. The van der Waals surface area contributed by atoms with Crippen LogP contribution in [0.1, 0.15) is 6.92 Å². The van der Waals surface area contributed by atoms with Crippen LogP contribution < -0.4 is 16.0 Å². The number of carbonyl (C=O) groups excluding carboxylic acids is 1. The van der Waals surface area contributed by atoms with Gasteiger partial charge in [0.1, 0.15) is 6.20 Å². The highest BCUT2D eigenvalue weighted by atomic mass is 16.6. The maximum Gasteiger partial charge on any atom is 0.329 e. The van der Waals surface area contributed by atoms with Gasteiger partial charge in [0, 0.05) is 20.6 Å². The minimum Gasteiger partial charge on any atom is -0.368 e. The lowest BCUT2D eigenvalue weighted by Gasteiger charge is -2.21. The van der Waals surface area contributed by atoms with Crippen LogP contribution in [0, 0.1) is 16.0 Å². The van der Waals surface area contributed by atoms with Crippen molar-refractivity contribution in [3.05, 3.63) is 16.3 Å². The van der Waals surface area contributed by atoms with Crippen LogP contribution in [0.4, 0.5) is 17.5 Å². The van der Waals surface area contributed by atoms with Gasteiger partial charge in [-0.2, -0.15) is 4.98 Å². The molecule has 1 rings (SSSR count). The summed E-state index contributed by atoms with van der Waals surface area (Å²) in [5.74, 6) is -0.462. The second-order valence-corrected chi connectivity index (χ2v) is 4.09. The van der Waals surface area contributed by atoms with Crippen molar-refractivity contribution in [1.82, 2.24) is 15.3 Å². The van der Waals surface area contributed by atoms with Gasteiger partial charge in [0.15, 0.2) is 0 Å². The third-order valence-electron chi connectivity index (χ3n) is 2.57. The Morgan fingerprint density at radius 1 is 1.68 bits per heavy atom. The number of carbonyl (C=O) groups is 1. The molecule has 0 radical (unpaired) electrons. The van der Waals surface area contributed by atoms with Crippen molar-refractivity contribution >= 4 is 23.4 Å². The van der Waals surface area contributed by atoms with E-state index in [-0.39, 0.29) is 35.8 Å². The van der Waals surface area contributed by atoms with E-state index in [4.69, 9.17) is 5.73 Å². The molecular weight excluding hydrogens is 252 g/mol. The first kappa shape index (κ1) is 14.6. The van der Waals surface area contributed by atoms with Crippen LogP contribution in [-0.4, -0.2) is 41.4 Å². The van der Waals surface area contributed by atoms with Crippen molar-refractivity contribution in [2.75, 3.05) is 31.3 Å². The Morgan fingerprint density at radius 2 is 2.32 bits per heavy atom. The lowest BCUT2D eigenvalue weighted by atomic mass is 10.1. The first-order valence-corrected chi connectivity index (χ1v) is 5.56. The fraction of sp³-hybridized carbons (Fsp3) is 0.500. The van der Waals surface area contributed by atoms with Crippen LogP contribution in [0.3, 0.4) is 0 Å². The van der Waals surface area contributed by atoms with Crippen LogP contribution in [0.5, 0.6) is 0 Å². The maximum atomic E-state index is 11.4. The Hall–Kier alpha value is -2.45. The molecule has 1 heterocycles. The molecule has 0 aliphatic rings. The van der Waals surface area contributed by atoms with Crippen molar-refractivity contribution in [3.8, 4) is 0 Å². The summed E-state index contributed by atoms with van der Waals surface area (Å²) in [4.78, 5) is 30.7. The molecule has 1 unspecified atom stereocenters. The van der Waals surface area contributed by atoms with Gasteiger partial charge < -0.3 is 16.0 Å². The Morgan fingerprint density at radius 3 is 2.84 bits per heavy atom. The summed E-state index contributed by atoms with van der Waals surface area (Å²) in [5.41, 5.74) is 5.18. The van der Waals surface area contributed by atoms with E-state index in [1.165, 1.54) is 11.9 Å². The zero-order valence-corrected chi connectivity index (χ0v) is 11.0. The van der Waals surface area contributed by atoms with E-state index < -0.39 is 4.92 Å². The summed E-state index contributed by atoms with van der Waals surface area (Å²) in [6.07, 6.45) is 1.05. The first-order valence-electron chi connectivity index (χ1n) is 5.56. The highest BCUT2D eigenvalue weighted by molar-refractivity contribution is 5.78. The Kier molecular flexibility index (Phi) is 4.56. The average Bonchev–Trinajstić information content (AvgIpc) is 2.36. The number of hydrogen-bond donors (Lipinski definition) is 2. The Bertz CT molecular complexity index is 492. The van der Waals surface area contributed by atoms with E-state index in [1.807, 2.05) is 0 Å². The van der Waals surface area contributed by atoms with Gasteiger partial charge in [-0.1, -0.05) is 6.92 Å². The second-order valence-electron chi connectivity index (χ2n) is 4.09. The minimum absolute atomic E-state index is 0.0555. The number of nitrogens with two attached hydrogens (primary N) is 1. The van der Waals surface area contributed by atoms with Gasteiger partial charge >= 0.3 is 5.69 Å². The standard InChI is InChI=1S/C10H16N6O3/c1-6(9(17)12-2)5-15(3)8-7(16(18)19)4-13-10(11)14-8/h4,6H,5H2,1-3H3,(H,12,17)(H2,11,13,14). The molecule has 0 saturated heterocycles. The maximum absolute atomic E-state index is 11.4. The van der Waals surface area contributed by atoms with Gasteiger partial charge in [0.2, 0.25) is 17.7 Å². The summed E-state index contributed by atoms with van der Waals surface area (Å²) in [7, 11) is 3.14. The fourth-order valence-electron chi connectivity index (χ4n) is 1.62. The van der Waals surface area contributed by atoms with Crippen LogP contribution in [-0.2, 0) is 4.79 Å². The van der Waals surface area contributed by atoms with Gasteiger partial charge in [0.05, 0.1) is 10.8 Å². The number of aromatic nitrogens is 2. The van der Waals surface area contributed by atoms with Crippen LogP contribution in [0.25, 0.3) is 0 Å². The molecule has 1 aromatic rings. The quantitative estimate of drug-likeness (QED) is 0.558. The molecule has 1 amide bonds. The van der Waals surface area contributed by atoms with E-state index in [0.29, 0.717) is 0 Å². The molecule has 1 aromatic heterocycles. The molecule has 3 N–H and O–H groups in total. The molecule has 9 nitrogen and oxygen atoms in total. The Labute approximate surface area is 110 Å². The first-order chi connectivity index (χ1) is 8.86. The van der Waals surface area contributed by atoms with Crippen LogP contribution in [0.15, 0.2) is 6.20 Å². The molecule has 0 fully saturated rings. The summed E-state index contributed by atoms with van der Waals surface area (Å²) < 4.78 is 0. The SMILES string of the molecule is CNC(=O)C(C)CN(C)c1nc(N)ncc1[N+](=O)[O-]. The van der Waals surface area contributed by atoms with Gasteiger partial charge in [0.25, 0.3) is 0 Å². The second kappa shape index (κ2) is 5.94. The van der Waals surface area contributed by atoms with Crippen molar-refractivity contribution in [3.63, 3.8) is 0 Å². The van der Waals surface area contributed by atoms with E-state index in [2.05, 4.69) is 15.3 Å². The number of anilines is 2. The number of hydrogen-bond acceptors (Lipinski definition) is 7. The molecule has 0 spiro atoms. The van der Waals surface area contributed by atoms with Crippen molar-refractivity contribution < 1.29 is 9.72 Å². The molecule has 0 aliphatic heterocycles. The monoisotopic (exact) mass is 268 g/mol. The summed E-state index contributed by atoms with van der Waals surface area (Å²) in [5, 5.41) is 13.4. The molecule has 0 aliphatic carbocycles. The molecular formula is C10H16N6O3. The molecule has 0 saturated carbocycles. The van der Waals surface area contributed by atoms with Gasteiger partial charge in [-0.25, -0.2) is 4.98 Å². The molecule has 0 aromatic carbocycles. The van der Waals surface area contributed by atoms with Crippen LogP contribution >= 0.6 is 0 Å². The number of nitrogens with zero attached hydrogens (tertiary/aromatic N) is 4. The van der Waals surface area contributed by atoms with Crippen molar-refractivity contribution in [2.45, 2.75) is 6.92 Å². The van der Waals surface area contributed by atoms with E-state index in [9.17, 15) is 14.9 Å². The number of nitrogens with one attached hydrogen (secondary N) is 1. The third-order valence-corrected chi connectivity index (χ3v) is 2.57. The number of amides is 1. The lowest BCUT2D eigenvalue weighted by molar-refractivity contribution is -0.384. The molecule has 9 heteroatoms. The Balaban J connectivity index is 2.98. The molecule has 104 valence electrons. The highest BCUT2D eigenvalue weighted by Crippen LogP contribution is 2.24. The summed E-state index contributed by atoms with van der Waals surface area (Å²) in [6, 6.07) is 0. The van der Waals surface area contributed by atoms with Gasteiger partial charge in [-0.15, -0.1) is 0 Å². The fourth-order valence-corrected chi connectivity index (χ4v) is 1.62. The number of nitro groups is 1. The average molecular weight is 268 g/mol. The minimum atomic E-state index is -0.587. The molecule has 19 heavy (non-hydrogen) atoms. The molecule has 1 atom stereocenters. The van der Waals surface area contributed by atoms with Gasteiger partial charge in [-0.3, -0.25) is 14.9 Å². The van der Waals surface area contributed by atoms with E-state index in [1.54, 1.807) is 14.0 Å². The third kappa shape index (κ3) is 3.50. The topological polar surface area (TPSA) is 127 Å². The largest absolute Gasteiger partial charge is 0.368 e. The van der Waals surface area contributed by atoms with Crippen molar-refractivity contribution in [2.24, 2.45) is 5.92 Å². The summed E-state index contributed by atoms with van der Waals surface area (Å²) >= 11 is 0. The van der Waals surface area contributed by atoms with E-state index >= 15 is 0 Å². The smallest absolute Gasteiger partial charge is 0.329 e. The predicted molar refractivity (Wildman–Crippen MR) is 69.6 cm³/mol. The van der Waals surface area contributed by atoms with Gasteiger partial charge in [-0.05, 0) is 0 Å². The zero-order valence-electron chi connectivity index (χ0n) is 11.0. The number of nitrogen functional groups attached to an aromatic ring is 1. The summed E-state index contributed by atoms with van der Waals surface area (Å²) in [6.45, 7) is 1.99. The van der Waals surface area contributed by atoms with E-state index in [0.717, 1.165) is 6.20 Å². The number of rotatable bonds is 5. The lowest BCUT2D eigenvalue weighted by Crippen LogP contribution is -2.35. The van der Waals surface area contributed by atoms with Crippen molar-refractivity contribution in [1.29, 1.82) is 0 Å². The van der Waals surface area contributed by atoms with Crippen LogP contribution in [0.2, 0.25) is 0 Å². The normalized spacial score (nSPS) is 11.7. The predicted octanol–water partition coefficient (Wildman–Crippen LogP) is -0.215. The zero-order chi connectivity index (χ0) is 14.6. The highest BCUT2D eigenvalue weighted by Gasteiger charge is 2.23.